The molecule has 0 aliphatic heterocycles. The topological polar surface area (TPSA) is 26.3 Å². The second-order valence-electron chi connectivity index (χ2n) is 4.65. The van der Waals surface area contributed by atoms with Crippen molar-refractivity contribution in [2.24, 2.45) is 11.8 Å². The first-order valence-electron chi connectivity index (χ1n) is 6.02. The van der Waals surface area contributed by atoms with Gasteiger partial charge in [0.1, 0.15) is 0 Å². The first kappa shape index (κ1) is 13.0. The zero-order valence-corrected chi connectivity index (χ0v) is 10.6. The lowest BCUT2D eigenvalue weighted by molar-refractivity contribution is -0.134. The van der Waals surface area contributed by atoms with Gasteiger partial charge in [0.2, 0.25) is 0 Å². The van der Waals surface area contributed by atoms with Gasteiger partial charge in [-0.3, -0.25) is 0 Å². The number of hydrogen-bond donors (Lipinski definition) is 0. The van der Waals surface area contributed by atoms with Crippen LogP contribution in [-0.2, 0) is 9.53 Å². The fourth-order valence-corrected chi connectivity index (χ4v) is 2.42. The molecule has 0 heterocycles. The molecule has 0 spiro atoms. The van der Waals surface area contributed by atoms with Crippen molar-refractivity contribution in [2.75, 3.05) is 7.11 Å². The van der Waals surface area contributed by atoms with Crippen LogP contribution in [-0.4, -0.2) is 13.1 Å². The monoisotopic (exact) mass is 222 g/mol. The Morgan fingerprint density at radius 3 is 2.88 bits per heavy atom. The Bertz CT molecular complexity index is 302. The molecule has 16 heavy (non-hydrogen) atoms. The van der Waals surface area contributed by atoms with Gasteiger partial charge in [-0.15, -0.1) is 0 Å². The first-order chi connectivity index (χ1) is 7.58. The van der Waals surface area contributed by atoms with Crippen LogP contribution in [0.1, 0.15) is 39.5 Å². The number of carbonyl (C=O) groups is 1. The standard InChI is InChI=1S/C14H22O2/c1-5-12-9-13(7-6-10(12)2)11(3)8-14(15)16-4/h8,12-13H,2,5-7,9H2,1,3-4H3/b11-8-. The van der Waals surface area contributed by atoms with E-state index in [0.29, 0.717) is 11.8 Å². The third-order valence-corrected chi connectivity index (χ3v) is 3.64. The van der Waals surface area contributed by atoms with Gasteiger partial charge in [0, 0.05) is 6.08 Å². The number of carbonyl (C=O) groups excluding carboxylic acids is 1. The molecule has 0 bridgehead atoms. The lowest BCUT2D eigenvalue weighted by atomic mass is 9.74. The van der Waals surface area contributed by atoms with Crippen molar-refractivity contribution in [3.05, 3.63) is 23.8 Å². The lowest BCUT2D eigenvalue weighted by Gasteiger charge is -2.31. The molecule has 0 radical (unpaired) electrons. The van der Waals surface area contributed by atoms with Crippen LogP contribution in [0.3, 0.4) is 0 Å². The van der Waals surface area contributed by atoms with Gasteiger partial charge in [-0.05, 0) is 44.4 Å². The molecule has 1 saturated carbocycles. The minimum absolute atomic E-state index is 0.241. The summed E-state index contributed by atoms with van der Waals surface area (Å²) < 4.78 is 4.65. The third-order valence-electron chi connectivity index (χ3n) is 3.64. The minimum atomic E-state index is -0.241. The fraction of sp³-hybridized carbons (Fsp3) is 0.643. The van der Waals surface area contributed by atoms with Gasteiger partial charge in [-0.25, -0.2) is 4.79 Å². The summed E-state index contributed by atoms with van der Waals surface area (Å²) in [5, 5.41) is 0. The van der Waals surface area contributed by atoms with Crippen molar-refractivity contribution in [1.82, 2.24) is 0 Å². The van der Waals surface area contributed by atoms with Crippen LogP contribution in [0.2, 0.25) is 0 Å². The van der Waals surface area contributed by atoms with Crippen molar-refractivity contribution in [2.45, 2.75) is 39.5 Å². The van der Waals surface area contributed by atoms with Gasteiger partial charge in [-0.2, -0.15) is 0 Å². The van der Waals surface area contributed by atoms with E-state index in [2.05, 4.69) is 18.2 Å². The summed E-state index contributed by atoms with van der Waals surface area (Å²) in [6.07, 6.45) is 6.13. The Morgan fingerprint density at radius 2 is 2.31 bits per heavy atom. The highest BCUT2D eigenvalue weighted by atomic mass is 16.5. The largest absolute Gasteiger partial charge is 0.466 e. The molecule has 0 aromatic rings. The molecular formula is C14H22O2. The maximum atomic E-state index is 11.2. The Hall–Kier alpha value is -1.05. The van der Waals surface area contributed by atoms with Gasteiger partial charge < -0.3 is 4.74 Å². The van der Waals surface area contributed by atoms with Crippen molar-refractivity contribution >= 4 is 5.97 Å². The van der Waals surface area contributed by atoms with E-state index in [-0.39, 0.29) is 5.97 Å². The molecule has 2 unspecified atom stereocenters. The second-order valence-corrected chi connectivity index (χ2v) is 4.65. The summed E-state index contributed by atoms with van der Waals surface area (Å²) >= 11 is 0. The zero-order chi connectivity index (χ0) is 12.1. The van der Waals surface area contributed by atoms with Crippen LogP contribution < -0.4 is 0 Å². The number of allylic oxidation sites excluding steroid dienone is 2. The molecule has 0 amide bonds. The smallest absolute Gasteiger partial charge is 0.330 e. The second kappa shape index (κ2) is 5.88. The first-order valence-corrected chi connectivity index (χ1v) is 6.02. The maximum Gasteiger partial charge on any atom is 0.330 e. The predicted molar refractivity (Wildman–Crippen MR) is 66.0 cm³/mol. The molecule has 0 aromatic carbocycles. The normalized spacial score (nSPS) is 26.7. The van der Waals surface area contributed by atoms with Crippen molar-refractivity contribution in [3.8, 4) is 0 Å². The van der Waals surface area contributed by atoms with E-state index in [4.69, 9.17) is 0 Å². The van der Waals surface area contributed by atoms with E-state index >= 15 is 0 Å². The van der Waals surface area contributed by atoms with E-state index in [1.807, 2.05) is 6.92 Å². The number of methoxy groups -OCH3 is 1. The van der Waals surface area contributed by atoms with Gasteiger partial charge in [0.25, 0.3) is 0 Å². The number of hydrogen-bond acceptors (Lipinski definition) is 2. The van der Waals surface area contributed by atoms with E-state index in [0.717, 1.165) is 31.3 Å². The van der Waals surface area contributed by atoms with E-state index in [1.54, 1.807) is 6.08 Å². The highest BCUT2D eigenvalue weighted by Gasteiger charge is 2.24. The average Bonchev–Trinajstić information content (AvgIpc) is 2.29. The molecule has 90 valence electrons. The number of rotatable bonds is 3. The highest BCUT2D eigenvalue weighted by Crippen LogP contribution is 2.37. The maximum absolute atomic E-state index is 11.2. The highest BCUT2D eigenvalue weighted by molar-refractivity contribution is 5.82. The Balaban J connectivity index is 2.64. The molecule has 0 saturated heterocycles. The van der Waals surface area contributed by atoms with Crippen LogP contribution in [0.4, 0.5) is 0 Å². The van der Waals surface area contributed by atoms with Crippen LogP contribution >= 0.6 is 0 Å². The quantitative estimate of drug-likeness (QED) is 0.415. The minimum Gasteiger partial charge on any atom is -0.466 e. The summed E-state index contributed by atoms with van der Waals surface area (Å²) in [7, 11) is 1.42. The van der Waals surface area contributed by atoms with E-state index in [9.17, 15) is 4.79 Å². The summed E-state index contributed by atoms with van der Waals surface area (Å²) in [4.78, 5) is 11.2. The molecule has 2 heteroatoms. The van der Waals surface area contributed by atoms with Gasteiger partial charge in [-0.1, -0.05) is 24.6 Å². The molecule has 0 aromatic heterocycles. The van der Waals surface area contributed by atoms with Gasteiger partial charge >= 0.3 is 5.97 Å². The third kappa shape index (κ3) is 3.22. The van der Waals surface area contributed by atoms with Crippen LogP contribution in [0.25, 0.3) is 0 Å². The predicted octanol–water partition coefficient (Wildman–Crippen LogP) is 3.49. The summed E-state index contributed by atoms with van der Waals surface area (Å²) in [5.74, 6) is 0.907. The summed E-state index contributed by atoms with van der Waals surface area (Å²) in [6, 6.07) is 0. The summed E-state index contributed by atoms with van der Waals surface area (Å²) in [5.41, 5.74) is 2.53. The Morgan fingerprint density at radius 1 is 1.62 bits per heavy atom. The molecule has 0 N–H and O–H groups in total. The number of ether oxygens (including phenoxy) is 1. The molecule has 1 aliphatic rings. The molecule has 1 aliphatic carbocycles. The molecule has 1 fully saturated rings. The van der Waals surface area contributed by atoms with Crippen LogP contribution in [0.5, 0.6) is 0 Å². The molecular weight excluding hydrogens is 200 g/mol. The molecule has 2 atom stereocenters. The Kier molecular flexibility index (Phi) is 4.78. The van der Waals surface area contributed by atoms with Crippen LogP contribution in [0, 0.1) is 11.8 Å². The SMILES string of the molecule is C=C1CCC(/C(C)=C\C(=O)OC)CC1CC. The number of esters is 1. The zero-order valence-electron chi connectivity index (χ0n) is 10.6. The Labute approximate surface area is 98.4 Å². The average molecular weight is 222 g/mol. The molecule has 2 nitrogen and oxygen atoms in total. The van der Waals surface area contributed by atoms with E-state index in [1.165, 1.54) is 12.7 Å². The van der Waals surface area contributed by atoms with Crippen molar-refractivity contribution in [1.29, 1.82) is 0 Å². The lowest BCUT2D eigenvalue weighted by Crippen LogP contribution is -2.18. The van der Waals surface area contributed by atoms with E-state index < -0.39 is 0 Å². The van der Waals surface area contributed by atoms with Crippen LogP contribution in [0.15, 0.2) is 23.8 Å². The van der Waals surface area contributed by atoms with Crippen molar-refractivity contribution in [3.63, 3.8) is 0 Å². The molecule has 1 rings (SSSR count). The van der Waals surface area contributed by atoms with Gasteiger partial charge in [0.05, 0.1) is 7.11 Å². The van der Waals surface area contributed by atoms with Gasteiger partial charge in [0.15, 0.2) is 0 Å². The summed E-state index contributed by atoms with van der Waals surface area (Å²) in [6.45, 7) is 8.36. The fourth-order valence-electron chi connectivity index (χ4n) is 2.42. The van der Waals surface area contributed by atoms with Crippen molar-refractivity contribution < 1.29 is 9.53 Å².